The van der Waals surface area contributed by atoms with Crippen molar-refractivity contribution in [2.75, 3.05) is 29.0 Å². The lowest BCUT2D eigenvalue weighted by Gasteiger charge is -2.30. The van der Waals surface area contributed by atoms with Crippen LogP contribution in [-0.4, -0.2) is 34.2 Å². The summed E-state index contributed by atoms with van der Waals surface area (Å²) in [6.07, 6.45) is 8.34. The van der Waals surface area contributed by atoms with E-state index in [2.05, 4.69) is 20.2 Å². The Hall–Kier alpha value is -3.68. The zero-order valence-corrected chi connectivity index (χ0v) is 16.0. The summed E-state index contributed by atoms with van der Waals surface area (Å²) in [4.78, 5) is 23.8. The maximum Gasteiger partial charge on any atom is 0.282 e. The fourth-order valence-corrected chi connectivity index (χ4v) is 3.51. The third kappa shape index (κ3) is 3.96. The van der Waals surface area contributed by atoms with Crippen molar-refractivity contribution < 1.29 is 14.7 Å². The van der Waals surface area contributed by atoms with Gasteiger partial charge in [-0.2, -0.15) is 0 Å². The van der Waals surface area contributed by atoms with Gasteiger partial charge in [0.25, 0.3) is 11.6 Å². The Morgan fingerprint density at radius 1 is 1.14 bits per heavy atom. The molecule has 8 nitrogen and oxygen atoms in total. The summed E-state index contributed by atoms with van der Waals surface area (Å²) in [7, 11) is 0. The normalized spacial score (nSPS) is 13.9. The van der Waals surface area contributed by atoms with Crippen molar-refractivity contribution in [2.24, 2.45) is 0 Å². The van der Waals surface area contributed by atoms with Crippen molar-refractivity contribution in [1.82, 2.24) is 9.97 Å². The molecule has 0 bridgehead atoms. The lowest BCUT2D eigenvalue weighted by atomic mass is 10.1. The van der Waals surface area contributed by atoms with E-state index in [0.29, 0.717) is 17.1 Å². The maximum atomic E-state index is 13.0. The molecule has 3 aromatic heterocycles. The highest BCUT2D eigenvalue weighted by atomic mass is 16.5. The second kappa shape index (κ2) is 8.14. The predicted molar refractivity (Wildman–Crippen MR) is 110 cm³/mol. The van der Waals surface area contributed by atoms with Crippen LogP contribution in [0.4, 0.5) is 17.1 Å². The highest BCUT2D eigenvalue weighted by Crippen LogP contribution is 2.28. The van der Waals surface area contributed by atoms with Crippen LogP contribution >= 0.6 is 0 Å². The zero-order valence-electron chi connectivity index (χ0n) is 16.0. The standard InChI is InChI=1S/C21H22N6O2/c22-15-7-8-16(19-6-2-5-13-27(19)29)24-20(15)21(28)25-17-14-23-10-9-18(17)26-11-3-1-4-12-26/h2,5-10,13-14,22,29H,1,3-4,11-12H2,(H,25,28)/p+1. The lowest BCUT2D eigenvalue weighted by Crippen LogP contribution is -2.32. The first-order valence-electron chi connectivity index (χ1n) is 9.60. The molecule has 0 aromatic carbocycles. The van der Waals surface area contributed by atoms with Crippen LogP contribution in [0.2, 0.25) is 0 Å². The molecule has 29 heavy (non-hydrogen) atoms. The molecule has 0 aliphatic carbocycles. The van der Waals surface area contributed by atoms with E-state index in [-0.39, 0.29) is 11.4 Å². The van der Waals surface area contributed by atoms with Gasteiger partial charge in [-0.15, -0.1) is 0 Å². The number of hydrogen-bond donors (Lipinski definition) is 3. The number of nitrogens with one attached hydrogen (secondary N) is 1. The molecule has 4 heterocycles. The van der Waals surface area contributed by atoms with E-state index in [0.717, 1.165) is 36.3 Å². The number of nitrogens with two attached hydrogens (primary N) is 1. The summed E-state index contributed by atoms with van der Waals surface area (Å²) in [5.74, 6) is -0.420. The van der Waals surface area contributed by atoms with Crippen molar-refractivity contribution in [2.45, 2.75) is 19.3 Å². The second-order valence-corrected chi connectivity index (χ2v) is 6.96. The van der Waals surface area contributed by atoms with Crippen molar-refractivity contribution in [3.63, 3.8) is 0 Å². The second-order valence-electron chi connectivity index (χ2n) is 6.96. The molecule has 0 atom stereocenters. The summed E-state index contributed by atoms with van der Waals surface area (Å²) >= 11 is 0. The first-order chi connectivity index (χ1) is 14.1. The van der Waals surface area contributed by atoms with Crippen LogP contribution in [-0.2, 0) is 0 Å². The number of carbonyl (C=O) groups is 1. The van der Waals surface area contributed by atoms with Crippen molar-refractivity contribution in [3.05, 3.63) is 60.7 Å². The van der Waals surface area contributed by atoms with Crippen LogP contribution in [0.3, 0.4) is 0 Å². The maximum absolute atomic E-state index is 13.0. The quantitative estimate of drug-likeness (QED) is 0.466. The number of nitrogen functional groups attached to an aromatic ring is 1. The summed E-state index contributed by atoms with van der Waals surface area (Å²) in [6.45, 7) is 1.90. The largest absolute Gasteiger partial charge is 0.397 e. The van der Waals surface area contributed by atoms with Crippen LogP contribution in [0.15, 0.2) is 55.0 Å². The topological polar surface area (TPSA) is 108 Å². The molecule has 1 fully saturated rings. The first-order valence-corrected chi connectivity index (χ1v) is 9.60. The Kier molecular flexibility index (Phi) is 5.24. The smallest absolute Gasteiger partial charge is 0.282 e. The molecule has 0 unspecified atom stereocenters. The minimum absolute atomic E-state index is 0.0970. The number of pyridine rings is 3. The van der Waals surface area contributed by atoms with Crippen LogP contribution in [0.1, 0.15) is 29.8 Å². The highest BCUT2D eigenvalue weighted by Gasteiger charge is 2.21. The Labute approximate surface area is 168 Å². The first kappa shape index (κ1) is 18.7. The van der Waals surface area contributed by atoms with Gasteiger partial charge < -0.3 is 16.0 Å². The Morgan fingerprint density at radius 2 is 1.97 bits per heavy atom. The minimum Gasteiger partial charge on any atom is -0.397 e. The zero-order chi connectivity index (χ0) is 20.2. The van der Waals surface area contributed by atoms with Crippen LogP contribution in [0, 0.1) is 0 Å². The van der Waals surface area contributed by atoms with E-state index in [1.807, 2.05) is 6.07 Å². The number of anilines is 3. The third-order valence-corrected chi connectivity index (χ3v) is 4.99. The van der Waals surface area contributed by atoms with Gasteiger partial charge >= 0.3 is 0 Å². The summed E-state index contributed by atoms with van der Waals surface area (Å²) in [6, 6.07) is 10.4. The third-order valence-electron chi connectivity index (χ3n) is 4.99. The number of amides is 1. The number of hydrogen-bond acceptors (Lipinski definition) is 6. The molecule has 1 aliphatic heterocycles. The molecule has 0 radical (unpaired) electrons. The molecule has 1 aliphatic rings. The molecule has 3 aromatic rings. The average molecular weight is 391 g/mol. The SMILES string of the molecule is Nc1ccc(-c2cccc[n+]2O)nc1C(=O)Nc1cnccc1N1CCCCC1. The monoisotopic (exact) mass is 391 g/mol. The van der Waals surface area contributed by atoms with Gasteiger partial charge in [-0.25, -0.2) is 4.98 Å². The molecule has 4 rings (SSSR count). The van der Waals surface area contributed by atoms with Gasteiger partial charge in [0.15, 0.2) is 5.69 Å². The molecule has 0 spiro atoms. The van der Waals surface area contributed by atoms with Crippen molar-refractivity contribution in [3.8, 4) is 11.4 Å². The Bertz CT molecular complexity index is 1030. The predicted octanol–water partition coefficient (Wildman–Crippen LogP) is 2.49. The number of rotatable bonds is 4. The molecule has 0 saturated carbocycles. The van der Waals surface area contributed by atoms with Gasteiger partial charge in [0.1, 0.15) is 5.69 Å². The Balaban J connectivity index is 1.63. The highest BCUT2D eigenvalue weighted by molar-refractivity contribution is 6.07. The Morgan fingerprint density at radius 3 is 2.76 bits per heavy atom. The molecule has 8 heteroatoms. The van der Waals surface area contributed by atoms with Crippen LogP contribution < -0.4 is 20.7 Å². The summed E-state index contributed by atoms with van der Waals surface area (Å²) < 4.78 is 0.954. The van der Waals surface area contributed by atoms with Gasteiger partial charge in [-0.3, -0.25) is 15.0 Å². The molecule has 4 N–H and O–H groups in total. The van der Waals surface area contributed by atoms with Crippen molar-refractivity contribution >= 4 is 23.0 Å². The van der Waals surface area contributed by atoms with Crippen LogP contribution in [0.25, 0.3) is 11.4 Å². The molecular formula is C21H23N6O2+. The summed E-state index contributed by atoms with van der Waals surface area (Å²) in [5.41, 5.74) is 8.85. The van der Waals surface area contributed by atoms with Gasteiger partial charge in [-0.05, 0) is 43.5 Å². The van der Waals surface area contributed by atoms with E-state index < -0.39 is 5.91 Å². The van der Waals surface area contributed by atoms with Gasteiger partial charge in [0.2, 0.25) is 6.20 Å². The van der Waals surface area contributed by atoms with E-state index in [1.165, 1.54) is 12.6 Å². The average Bonchev–Trinajstić information content (AvgIpc) is 2.75. The fraction of sp³-hybridized carbons (Fsp3) is 0.238. The van der Waals surface area contributed by atoms with Crippen molar-refractivity contribution in [1.29, 1.82) is 0 Å². The van der Waals surface area contributed by atoms with E-state index in [9.17, 15) is 10.0 Å². The minimum atomic E-state index is -0.420. The number of aromatic nitrogens is 3. The van der Waals surface area contributed by atoms with E-state index in [1.54, 1.807) is 42.7 Å². The summed E-state index contributed by atoms with van der Waals surface area (Å²) in [5, 5.41) is 12.9. The molecule has 148 valence electrons. The molecule has 1 amide bonds. The number of nitrogens with zero attached hydrogens (tertiary/aromatic N) is 4. The lowest BCUT2D eigenvalue weighted by molar-refractivity contribution is -0.896. The molecule has 1 saturated heterocycles. The number of piperidine rings is 1. The fourth-order valence-electron chi connectivity index (χ4n) is 3.51. The van der Waals surface area contributed by atoms with Gasteiger partial charge in [0, 0.05) is 36.1 Å². The van der Waals surface area contributed by atoms with Gasteiger partial charge in [0.05, 0.1) is 23.3 Å². The van der Waals surface area contributed by atoms with Gasteiger partial charge in [-0.1, -0.05) is 0 Å². The van der Waals surface area contributed by atoms with E-state index >= 15 is 0 Å². The van der Waals surface area contributed by atoms with Crippen LogP contribution in [0.5, 0.6) is 0 Å². The van der Waals surface area contributed by atoms with E-state index in [4.69, 9.17) is 5.73 Å². The number of carbonyl (C=O) groups excluding carboxylic acids is 1. The molecular weight excluding hydrogens is 368 g/mol.